The van der Waals surface area contributed by atoms with E-state index in [4.69, 9.17) is 14.2 Å². The van der Waals surface area contributed by atoms with E-state index in [1.807, 2.05) is 6.07 Å². The van der Waals surface area contributed by atoms with Crippen molar-refractivity contribution in [3.63, 3.8) is 0 Å². The largest absolute Gasteiger partial charge is 0.455 e. The molecule has 0 fully saturated rings. The van der Waals surface area contributed by atoms with Crippen molar-refractivity contribution in [3.8, 4) is 11.5 Å². The van der Waals surface area contributed by atoms with Gasteiger partial charge in [-0.2, -0.15) is 0 Å². The van der Waals surface area contributed by atoms with Crippen molar-refractivity contribution in [1.29, 1.82) is 0 Å². The van der Waals surface area contributed by atoms with E-state index in [0.29, 0.717) is 28.4 Å². The lowest BCUT2D eigenvalue weighted by atomic mass is 10.2. The quantitative estimate of drug-likeness (QED) is 0.308. The van der Waals surface area contributed by atoms with Gasteiger partial charge in [0.15, 0.2) is 5.75 Å². The van der Waals surface area contributed by atoms with E-state index < -0.39 is 12.2 Å². The van der Waals surface area contributed by atoms with Crippen LogP contribution < -0.4 is 20.7 Å². The van der Waals surface area contributed by atoms with Gasteiger partial charge in [-0.25, -0.2) is 14.6 Å². The summed E-state index contributed by atoms with van der Waals surface area (Å²) in [5.74, 6) is 0.516. The predicted molar refractivity (Wildman–Crippen MR) is 135 cm³/mol. The van der Waals surface area contributed by atoms with Crippen LogP contribution in [0.3, 0.4) is 0 Å². The van der Waals surface area contributed by atoms with E-state index in [0.717, 1.165) is 0 Å². The van der Waals surface area contributed by atoms with Crippen LogP contribution >= 0.6 is 0 Å². The number of guanidine groups is 1. The number of carbonyl (C=O) groups excluding carboxylic acids is 3. The van der Waals surface area contributed by atoms with Gasteiger partial charge in [-0.3, -0.25) is 15.4 Å². The number of alkyl carbamates (subject to hydrolysis) is 2. The molecule has 0 bridgehead atoms. The highest BCUT2D eigenvalue weighted by atomic mass is 16.6. The molecule has 10 heteroatoms. The third-order valence-corrected chi connectivity index (χ3v) is 4.47. The van der Waals surface area contributed by atoms with Crippen LogP contribution in [0, 0.1) is 0 Å². The number of amides is 3. The molecule has 0 aliphatic heterocycles. The summed E-state index contributed by atoms with van der Waals surface area (Å²) in [4.78, 5) is 40.3. The maximum Gasteiger partial charge on any atom is 0.413 e. The number of hydrogen-bond acceptors (Lipinski definition) is 7. The molecular formula is C26H26N4O6. The Bertz CT molecular complexity index is 1190. The van der Waals surface area contributed by atoms with Crippen molar-refractivity contribution in [3.05, 3.63) is 84.4 Å². The zero-order valence-electron chi connectivity index (χ0n) is 19.8. The zero-order chi connectivity index (χ0) is 25.8. The van der Waals surface area contributed by atoms with Crippen LogP contribution in [0.4, 0.5) is 21.0 Å². The van der Waals surface area contributed by atoms with E-state index in [2.05, 4.69) is 20.9 Å². The monoisotopic (exact) mass is 490 g/mol. The molecule has 0 radical (unpaired) electrons. The van der Waals surface area contributed by atoms with Gasteiger partial charge in [0.05, 0.1) is 24.6 Å². The minimum Gasteiger partial charge on any atom is -0.455 e. The first-order valence-corrected chi connectivity index (χ1v) is 11.2. The normalized spacial score (nSPS) is 9.94. The lowest BCUT2D eigenvalue weighted by Crippen LogP contribution is -2.44. The number of nitrogens with zero attached hydrogens (tertiary/aromatic N) is 1. The molecule has 0 aliphatic carbocycles. The fraction of sp³-hybridized carbons (Fsp3) is 0.154. The maximum absolute atomic E-state index is 12.5. The minimum absolute atomic E-state index is 0.151. The highest BCUT2D eigenvalue weighted by molar-refractivity contribution is 6.05. The Balaban J connectivity index is 1.73. The molecule has 3 rings (SSSR count). The molecule has 3 aromatic carbocycles. The summed E-state index contributed by atoms with van der Waals surface area (Å²) in [6.07, 6.45) is -1.55. The van der Waals surface area contributed by atoms with Crippen molar-refractivity contribution < 1.29 is 28.6 Å². The summed E-state index contributed by atoms with van der Waals surface area (Å²) in [5, 5.41) is 7.56. The average Bonchev–Trinajstić information content (AvgIpc) is 2.87. The summed E-state index contributed by atoms with van der Waals surface area (Å²) in [6.45, 7) is 3.61. The van der Waals surface area contributed by atoms with Crippen LogP contribution in [0.25, 0.3) is 0 Å². The number of anilines is 1. The van der Waals surface area contributed by atoms with Crippen LogP contribution in [0.15, 0.2) is 83.9 Å². The third-order valence-electron chi connectivity index (χ3n) is 4.47. The predicted octanol–water partition coefficient (Wildman–Crippen LogP) is 5.21. The zero-order valence-corrected chi connectivity index (χ0v) is 19.8. The molecule has 3 N–H and O–H groups in total. The first-order chi connectivity index (χ1) is 17.5. The van der Waals surface area contributed by atoms with Gasteiger partial charge >= 0.3 is 12.2 Å². The summed E-state index contributed by atoms with van der Waals surface area (Å²) >= 11 is 0. The van der Waals surface area contributed by atoms with Crippen molar-refractivity contribution in [2.75, 3.05) is 18.5 Å². The highest BCUT2D eigenvalue weighted by Gasteiger charge is 2.12. The second-order valence-electron chi connectivity index (χ2n) is 7.06. The van der Waals surface area contributed by atoms with Crippen LogP contribution in [0.2, 0.25) is 0 Å². The Kier molecular flexibility index (Phi) is 9.40. The van der Waals surface area contributed by atoms with E-state index in [-0.39, 0.29) is 25.1 Å². The molecular weight excluding hydrogens is 464 g/mol. The number of ether oxygens (including phenoxy) is 3. The summed E-state index contributed by atoms with van der Waals surface area (Å²) in [5.41, 5.74) is 1.45. The number of rotatable bonds is 7. The van der Waals surface area contributed by atoms with E-state index in [1.165, 1.54) is 0 Å². The second kappa shape index (κ2) is 13.1. The lowest BCUT2D eigenvalue weighted by Gasteiger charge is -2.13. The van der Waals surface area contributed by atoms with Gasteiger partial charge in [0.1, 0.15) is 5.75 Å². The first-order valence-electron chi connectivity index (χ1n) is 11.2. The fourth-order valence-corrected chi connectivity index (χ4v) is 2.90. The van der Waals surface area contributed by atoms with Crippen LogP contribution in [-0.2, 0) is 9.47 Å². The topological polar surface area (TPSA) is 127 Å². The SMILES string of the molecule is CCOC(=O)NC(=Nc1ccc(Oc2ccccc2NC(=O)c2ccccc2)cc1)NC(=O)OCC. The van der Waals surface area contributed by atoms with Crippen LogP contribution in [-0.4, -0.2) is 37.3 Å². The molecule has 0 heterocycles. The van der Waals surface area contributed by atoms with Gasteiger partial charge in [0, 0.05) is 5.56 Å². The van der Waals surface area contributed by atoms with Crippen molar-refractivity contribution in [1.82, 2.24) is 10.6 Å². The van der Waals surface area contributed by atoms with Crippen molar-refractivity contribution in [2.24, 2.45) is 4.99 Å². The number of hydrogen-bond donors (Lipinski definition) is 3. The highest BCUT2D eigenvalue weighted by Crippen LogP contribution is 2.30. The Morgan fingerprint density at radius 3 is 1.94 bits per heavy atom. The Hall–Kier alpha value is -4.86. The Morgan fingerprint density at radius 2 is 1.33 bits per heavy atom. The molecule has 0 aromatic heterocycles. The van der Waals surface area contributed by atoms with Gasteiger partial charge in [-0.1, -0.05) is 30.3 Å². The van der Waals surface area contributed by atoms with Gasteiger partial charge < -0.3 is 19.5 Å². The fourth-order valence-electron chi connectivity index (χ4n) is 2.90. The molecule has 10 nitrogen and oxygen atoms in total. The van der Waals surface area contributed by atoms with Gasteiger partial charge in [-0.05, 0) is 62.4 Å². The lowest BCUT2D eigenvalue weighted by molar-refractivity contribution is 0.102. The molecule has 0 unspecified atom stereocenters. The number of nitrogens with one attached hydrogen (secondary N) is 3. The molecule has 0 atom stereocenters. The van der Waals surface area contributed by atoms with Gasteiger partial charge in [0.2, 0.25) is 5.96 Å². The molecule has 0 saturated carbocycles. The van der Waals surface area contributed by atoms with Crippen molar-refractivity contribution >= 4 is 35.4 Å². The molecule has 0 aliphatic rings. The summed E-state index contributed by atoms with van der Waals surface area (Å²) in [6, 6.07) is 22.5. The van der Waals surface area contributed by atoms with Gasteiger partial charge in [-0.15, -0.1) is 0 Å². The molecule has 36 heavy (non-hydrogen) atoms. The smallest absolute Gasteiger partial charge is 0.413 e. The van der Waals surface area contributed by atoms with Crippen LogP contribution in [0.1, 0.15) is 24.2 Å². The molecule has 186 valence electrons. The Morgan fingerprint density at radius 1 is 0.750 bits per heavy atom. The molecule has 3 aromatic rings. The molecule has 3 amide bonds. The van der Waals surface area contributed by atoms with Crippen molar-refractivity contribution in [2.45, 2.75) is 13.8 Å². The third kappa shape index (κ3) is 7.87. The van der Waals surface area contributed by atoms with Gasteiger partial charge in [0.25, 0.3) is 5.91 Å². The second-order valence-corrected chi connectivity index (χ2v) is 7.06. The standard InChI is InChI=1S/C26H26N4O6/c1-3-34-25(32)29-24(30-26(33)35-4-2)27-19-14-16-20(17-15-19)36-22-13-9-8-12-21(22)28-23(31)18-10-6-5-7-11-18/h5-17H,3-4H2,1-2H3,(H,28,31)(H2,27,29,30,32,33). The molecule has 0 saturated heterocycles. The number of aliphatic imine (C=N–C) groups is 1. The summed E-state index contributed by atoms with van der Waals surface area (Å²) in [7, 11) is 0. The van der Waals surface area contributed by atoms with E-state index in [1.54, 1.807) is 86.6 Å². The molecule has 0 spiro atoms. The Labute approximate surface area is 208 Å². The number of benzene rings is 3. The van der Waals surface area contributed by atoms with E-state index >= 15 is 0 Å². The van der Waals surface area contributed by atoms with Crippen LogP contribution in [0.5, 0.6) is 11.5 Å². The first kappa shape index (κ1) is 25.8. The minimum atomic E-state index is -0.776. The number of carbonyl (C=O) groups is 3. The maximum atomic E-state index is 12.5. The average molecular weight is 491 g/mol. The summed E-state index contributed by atoms with van der Waals surface area (Å²) < 4.78 is 15.6. The number of para-hydroxylation sites is 2. The van der Waals surface area contributed by atoms with E-state index in [9.17, 15) is 14.4 Å².